The highest BCUT2D eigenvalue weighted by Gasteiger charge is 2.04. The minimum Gasteiger partial charge on any atom is -0.494 e. The van der Waals surface area contributed by atoms with Crippen molar-refractivity contribution in [3.63, 3.8) is 0 Å². The van der Waals surface area contributed by atoms with E-state index in [4.69, 9.17) is 9.47 Å². The van der Waals surface area contributed by atoms with Crippen molar-refractivity contribution < 1.29 is 13.9 Å². The molecule has 0 fully saturated rings. The number of halogens is 1. The molecule has 0 saturated carbocycles. The van der Waals surface area contributed by atoms with Gasteiger partial charge in [0.15, 0.2) is 0 Å². The van der Waals surface area contributed by atoms with Crippen molar-refractivity contribution in [3.05, 3.63) is 53.8 Å². The zero-order chi connectivity index (χ0) is 15.1. The first-order valence-electron chi connectivity index (χ1n) is 7.12. The fourth-order valence-corrected chi connectivity index (χ4v) is 1.96. The maximum Gasteiger partial charge on any atom is 0.130 e. The largest absolute Gasteiger partial charge is 0.494 e. The topological polar surface area (TPSA) is 30.5 Å². The van der Waals surface area contributed by atoms with Gasteiger partial charge < -0.3 is 14.8 Å². The van der Waals surface area contributed by atoms with Crippen LogP contribution >= 0.6 is 0 Å². The fourth-order valence-electron chi connectivity index (χ4n) is 1.96. The Kier molecular flexibility index (Phi) is 5.58. The highest BCUT2D eigenvalue weighted by Crippen LogP contribution is 2.25. The molecule has 4 heteroatoms. The molecule has 2 aromatic carbocycles. The average molecular weight is 289 g/mol. The molecular formula is C17H20FNO2. The van der Waals surface area contributed by atoms with Gasteiger partial charge in [-0.05, 0) is 55.4 Å². The molecule has 3 nitrogen and oxygen atoms in total. The van der Waals surface area contributed by atoms with Crippen molar-refractivity contribution in [3.8, 4) is 17.2 Å². The summed E-state index contributed by atoms with van der Waals surface area (Å²) >= 11 is 0. The van der Waals surface area contributed by atoms with Gasteiger partial charge in [-0.1, -0.05) is 6.92 Å². The Bertz CT molecular complexity index is 570. The van der Waals surface area contributed by atoms with Crippen LogP contribution in [0.15, 0.2) is 42.5 Å². The van der Waals surface area contributed by atoms with E-state index in [1.807, 2.05) is 32.0 Å². The number of rotatable bonds is 7. The van der Waals surface area contributed by atoms with Crippen molar-refractivity contribution in [2.24, 2.45) is 0 Å². The van der Waals surface area contributed by atoms with Crippen molar-refractivity contribution in [1.29, 1.82) is 0 Å². The molecule has 0 aliphatic rings. The quantitative estimate of drug-likeness (QED) is 0.831. The number of nitrogens with one attached hydrogen (secondary N) is 1. The van der Waals surface area contributed by atoms with Gasteiger partial charge in [-0.25, -0.2) is 4.39 Å². The molecule has 0 heterocycles. The summed E-state index contributed by atoms with van der Waals surface area (Å²) in [4.78, 5) is 0. The van der Waals surface area contributed by atoms with Crippen molar-refractivity contribution >= 4 is 0 Å². The summed E-state index contributed by atoms with van der Waals surface area (Å²) in [6, 6.07) is 12.0. The predicted molar refractivity (Wildman–Crippen MR) is 81.5 cm³/mol. The monoisotopic (exact) mass is 289 g/mol. The lowest BCUT2D eigenvalue weighted by molar-refractivity contribution is 0.339. The summed E-state index contributed by atoms with van der Waals surface area (Å²) in [6.07, 6.45) is 0. The number of benzene rings is 2. The summed E-state index contributed by atoms with van der Waals surface area (Å²) in [5.41, 5.74) is 0.859. The average Bonchev–Trinajstić information content (AvgIpc) is 2.47. The Labute approximate surface area is 124 Å². The minimum atomic E-state index is -0.300. The summed E-state index contributed by atoms with van der Waals surface area (Å²) in [6.45, 7) is 6.02. The molecule has 0 atom stereocenters. The molecule has 0 aliphatic heterocycles. The van der Waals surface area contributed by atoms with Crippen LogP contribution in [-0.4, -0.2) is 13.2 Å². The molecular weight excluding hydrogens is 269 g/mol. The van der Waals surface area contributed by atoms with Gasteiger partial charge in [0.1, 0.15) is 23.1 Å². The van der Waals surface area contributed by atoms with E-state index >= 15 is 0 Å². The molecule has 2 aromatic rings. The Balaban J connectivity index is 2.09. The van der Waals surface area contributed by atoms with Gasteiger partial charge in [-0.3, -0.25) is 0 Å². The van der Waals surface area contributed by atoms with Crippen molar-refractivity contribution in [2.75, 3.05) is 13.2 Å². The van der Waals surface area contributed by atoms with Crippen molar-refractivity contribution in [2.45, 2.75) is 20.4 Å². The molecule has 2 rings (SSSR count). The third kappa shape index (κ3) is 4.76. The molecule has 21 heavy (non-hydrogen) atoms. The number of hydrogen-bond acceptors (Lipinski definition) is 3. The molecule has 0 aliphatic carbocycles. The van der Waals surface area contributed by atoms with Crippen LogP contribution in [0.2, 0.25) is 0 Å². The van der Waals surface area contributed by atoms with Crippen LogP contribution in [0.25, 0.3) is 0 Å². The third-order valence-electron chi connectivity index (χ3n) is 2.88. The van der Waals surface area contributed by atoms with E-state index in [2.05, 4.69) is 5.32 Å². The van der Waals surface area contributed by atoms with Crippen LogP contribution in [0, 0.1) is 5.82 Å². The lowest BCUT2D eigenvalue weighted by Crippen LogP contribution is -2.11. The van der Waals surface area contributed by atoms with Gasteiger partial charge >= 0.3 is 0 Å². The van der Waals surface area contributed by atoms with Gasteiger partial charge in [0.05, 0.1) is 6.61 Å². The van der Waals surface area contributed by atoms with Crippen LogP contribution in [0.3, 0.4) is 0 Å². The maximum atomic E-state index is 13.6. The Morgan fingerprint density at radius 3 is 2.33 bits per heavy atom. The smallest absolute Gasteiger partial charge is 0.130 e. The lowest BCUT2D eigenvalue weighted by Gasteiger charge is -2.09. The van der Waals surface area contributed by atoms with E-state index in [9.17, 15) is 4.39 Å². The first kappa shape index (κ1) is 15.3. The zero-order valence-corrected chi connectivity index (χ0v) is 12.4. The SMILES string of the molecule is CCNCc1cc(F)cc(Oc2ccc(OCC)cc2)c1. The first-order chi connectivity index (χ1) is 10.2. The van der Waals surface area contributed by atoms with Crippen LogP contribution in [0.1, 0.15) is 19.4 Å². The summed E-state index contributed by atoms with van der Waals surface area (Å²) in [7, 11) is 0. The van der Waals surface area contributed by atoms with E-state index in [1.54, 1.807) is 12.1 Å². The van der Waals surface area contributed by atoms with Crippen LogP contribution < -0.4 is 14.8 Å². The summed E-state index contributed by atoms with van der Waals surface area (Å²) < 4.78 is 24.7. The molecule has 0 spiro atoms. The number of ether oxygens (including phenoxy) is 2. The lowest BCUT2D eigenvalue weighted by atomic mass is 10.2. The first-order valence-corrected chi connectivity index (χ1v) is 7.12. The van der Waals surface area contributed by atoms with Crippen LogP contribution in [-0.2, 0) is 6.54 Å². The van der Waals surface area contributed by atoms with Crippen LogP contribution in [0.5, 0.6) is 17.2 Å². The fraction of sp³-hybridized carbons (Fsp3) is 0.294. The van der Waals surface area contributed by atoms with Gasteiger partial charge in [-0.15, -0.1) is 0 Å². The van der Waals surface area contributed by atoms with Gasteiger partial charge in [0.25, 0.3) is 0 Å². The predicted octanol–water partition coefficient (Wildman–Crippen LogP) is 4.13. The maximum absolute atomic E-state index is 13.6. The second-order valence-electron chi connectivity index (χ2n) is 4.58. The van der Waals surface area contributed by atoms with E-state index in [-0.39, 0.29) is 5.82 Å². The molecule has 0 radical (unpaired) electrons. The van der Waals surface area contributed by atoms with Gasteiger partial charge in [0.2, 0.25) is 0 Å². The highest BCUT2D eigenvalue weighted by molar-refractivity contribution is 5.37. The molecule has 0 bridgehead atoms. The van der Waals surface area contributed by atoms with Gasteiger partial charge in [-0.2, -0.15) is 0 Å². The third-order valence-corrected chi connectivity index (χ3v) is 2.88. The zero-order valence-electron chi connectivity index (χ0n) is 12.4. The van der Waals surface area contributed by atoms with Gasteiger partial charge in [0, 0.05) is 12.6 Å². The molecule has 1 N–H and O–H groups in total. The minimum absolute atomic E-state index is 0.300. The Morgan fingerprint density at radius 2 is 1.67 bits per heavy atom. The molecule has 0 aromatic heterocycles. The standard InChI is InChI=1S/C17H20FNO2/c1-3-19-12-13-9-14(18)11-17(10-13)21-16-7-5-15(6-8-16)20-4-2/h5-11,19H,3-4,12H2,1-2H3. The Hall–Kier alpha value is -2.07. The molecule has 0 unspecified atom stereocenters. The normalized spacial score (nSPS) is 10.4. The number of hydrogen-bond donors (Lipinski definition) is 1. The second kappa shape index (κ2) is 7.64. The Morgan fingerprint density at radius 1 is 0.952 bits per heavy atom. The van der Waals surface area contributed by atoms with Crippen molar-refractivity contribution in [1.82, 2.24) is 5.32 Å². The molecule has 112 valence electrons. The summed E-state index contributed by atoms with van der Waals surface area (Å²) in [5, 5.41) is 3.17. The molecule has 0 saturated heterocycles. The van der Waals surface area contributed by atoms with E-state index < -0.39 is 0 Å². The van der Waals surface area contributed by atoms with Crippen LogP contribution in [0.4, 0.5) is 4.39 Å². The molecule has 0 amide bonds. The summed E-state index contributed by atoms with van der Waals surface area (Å²) in [5.74, 6) is 1.63. The second-order valence-corrected chi connectivity index (χ2v) is 4.58. The van der Waals surface area contributed by atoms with E-state index in [1.165, 1.54) is 12.1 Å². The highest BCUT2D eigenvalue weighted by atomic mass is 19.1. The van der Waals surface area contributed by atoms with E-state index in [0.29, 0.717) is 24.7 Å². The van der Waals surface area contributed by atoms with E-state index in [0.717, 1.165) is 17.9 Å².